The average Bonchev–Trinajstić information content (AvgIpc) is 2.98. The highest BCUT2D eigenvalue weighted by Crippen LogP contribution is 2.15. The van der Waals surface area contributed by atoms with Crippen LogP contribution in [0.5, 0.6) is 0 Å². The highest BCUT2D eigenvalue weighted by atomic mass is 16.1. The summed E-state index contributed by atoms with van der Waals surface area (Å²) in [6.07, 6.45) is 1.02. The Hall–Kier alpha value is -2.13. The van der Waals surface area contributed by atoms with Gasteiger partial charge in [-0.05, 0) is 49.1 Å². The molecule has 0 spiro atoms. The van der Waals surface area contributed by atoms with Crippen LogP contribution in [0.1, 0.15) is 33.5 Å². The topological polar surface area (TPSA) is 32.3 Å². The van der Waals surface area contributed by atoms with Crippen LogP contribution in [-0.2, 0) is 6.54 Å². The van der Waals surface area contributed by atoms with E-state index in [2.05, 4.69) is 41.4 Å². The Morgan fingerprint density at radius 2 is 1.91 bits per heavy atom. The first-order valence-electron chi connectivity index (χ1n) is 8.26. The van der Waals surface area contributed by atoms with E-state index in [0.29, 0.717) is 0 Å². The molecule has 1 aliphatic rings. The summed E-state index contributed by atoms with van der Waals surface area (Å²) in [6, 6.07) is 16.6. The normalized spacial score (nSPS) is 18.1. The third-order valence-electron chi connectivity index (χ3n) is 4.63. The predicted octanol–water partition coefficient (Wildman–Crippen LogP) is 3.31. The van der Waals surface area contributed by atoms with Crippen molar-refractivity contribution < 1.29 is 4.79 Å². The summed E-state index contributed by atoms with van der Waals surface area (Å²) < 4.78 is 0. The summed E-state index contributed by atoms with van der Waals surface area (Å²) in [5, 5.41) is 3.18. The van der Waals surface area contributed by atoms with Gasteiger partial charge in [0.1, 0.15) is 0 Å². The second kappa shape index (κ2) is 6.97. The van der Waals surface area contributed by atoms with Crippen LogP contribution in [0.4, 0.5) is 0 Å². The van der Waals surface area contributed by atoms with Crippen molar-refractivity contribution in [2.45, 2.75) is 32.9 Å². The zero-order valence-corrected chi connectivity index (χ0v) is 13.9. The van der Waals surface area contributed by atoms with Crippen molar-refractivity contribution in [1.29, 1.82) is 0 Å². The van der Waals surface area contributed by atoms with E-state index in [4.69, 9.17) is 0 Å². The van der Waals surface area contributed by atoms with Crippen LogP contribution in [0.3, 0.4) is 0 Å². The quantitative estimate of drug-likeness (QED) is 0.940. The standard InChI is InChI=1S/C20H24N2O/c1-15-8-9-18(12-16(15)2)20(23)21-19-10-11-22(14-19)13-17-6-4-3-5-7-17/h3-9,12,19H,10-11,13-14H2,1-2H3,(H,21,23). The SMILES string of the molecule is Cc1ccc(C(=O)NC2CCN(Cc3ccccc3)C2)cc1C. The minimum Gasteiger partial charge on any atom is -0.348 e. The van der Waals surface area contributed by atoms with Gasteiger partial charge in [-0.1, -0.05) is 36.4 Å². The molecule has 0 aliphatic carbocycles. The van der Waals surface area contributed by atoms with Crippen molar-refractivity contribution in [1.82, 2.24) is 10.2 Å². The number of carbonyl (C=O) groups is 1. The Bertz CT molecular complexity index is 681. The van der Waals surface area contributed by atoms with E-state index in [9.17, 15) is 4.79 Å². The molecule has 0 radical (unpaired) electrons. The highest BCUT2D eigenvalue weighted by molar-refractivity contribution is 5.94. The fourth-order valence-electron chi connectivity index (χ4n) is 3.09. The lowest BCUT2D eigenvalue weighted by Crippen LogP contribution is -2.37. The van der Waals surface area contributed by atoms with E-state index in [1.165, 1.54) is 11.1 Å². The Kier molecular flexibility index (Phi) is 4.77. The van der Waals surface area contributed by atoms with Crippen LogP contribution in [0.25, 0.3) is 0 Å². The Labute approximate surface area is 138 Å². The summed E-state index contributed by atoms with van der Waals surface area (Å²) >= 11 is 0. The van der Waals surface area contributed by atoms with Gasteiger partial charge in [0.2, 0.25) is 0 Å². The maximum absolute atomic E-state index is 12.4. The molecule has 1 saturated heterocycles. The zero-order valence-electron chi connectivity index (χ0n) is 13.9. The van der Waals surface area contributed by atoms with Crippen molar-refractivity contribution >= 4 is 5.91 Å². The number of amides is 1. The van der Waals surface area contributed by atoms with Gasteiger partial charge in [-0.2, -0.15) is 0 Å². The van der Waals surface area contributed by atoms with Crippen LogP contribution in [0.2, 0.25) is 0 Å². The number of rotatable bonds is 4. The van der Waals surface area contributed by atoms with E-state index in [0.717, 1.165) is 37.2 Å². The lowest BCUT2D eigenvalue weighted by molar-refractivity contribution is 0.0937. The maximum atomic E-state index is 12.4. The van der Waals surface area contributed by atoms with Gasteiger partial charge in [0.25, 0.3) is 5.91 Å². The Balaban J connectivity index is 1.55. The monoisotopic (exact) mass is 308 g/mol. The molecule has 2 aromatic rings. The molecule has 1 fully saturated rings. The summed E-state index contributed by atoms with van der Waals surface area (Å²) in [5.74, 6) is 0.0414. The largest absolute Gasteiger partial charge is 0.348 e. The molecule has 3 nitrogen and oxygen atoms in total. The number of carbonyl (C=O) groups excluding carboxylic acids is 1. The fourth-order valence-corrected chi connectivity index (χ4v) is 3.09. The van der Waals surface area contributed by atoms with Crippen LogP contribution in [0.15, 0.2) is 48.5 Å². The molecule has 2 aromatic carbocycles. The predicted molar refractivity (Wildman–Crippen MR) is 93.5 cm³/mol. The van der Waals surface area contributed by atoms with E-state index in [-0.39, 0.29) is 11.9 Å². The van der Waals surface area contributed by atoms with Gasteiger partial charge in [0.15, 0.2) is 0 Å². The van der Waals surface area contributed by atoms with Gasteiger partial charge in [-0.25, -0.2) is 0 Å². The molecule has 3 heteroatoms. The highest BCUT2D eigenvalue weighted by Gasteiger charge is 2.24. The molecular weight excluding hydrogens is 284 g/mol. The van der Waals surface area contributed by atoms with Crippen molar-refractivity contribution in [3.63, 3.8) is 0 Å². The second-order valence-corrected chi connectivity index (χ2v) is 6.48. The first kappa shape index (κ1) is 15.8. The summed E-state index contributed by atoms with van der Waals surface area (Å²) in [4.78, 5) is 14.8. The average molecular weight is 308 g/mol. The molecule has 0 bridgehead atoms. The first-order valence-corrected chi connectivity index (χ1v) is 8.26. The number of hydrogen-bond acceptors (Lipinski definition) is 2. The number of benzene rings is 2. The number of hydrogen-bond donors (Lipinski definition) is 1. The number of nitrogens with one attached hydrogen (secondary N) is 1. The lowest BCUT2D eigenvalue weighted by Gasteiger charge is -2.17. The van der Waals surface area contributed by atoms with Gasteiger partial charge in [0.05, 0.1) is 0 Å². The molecule has 1 N–H and O–H groups in total. The molecule has 1 aliphatic heterocycles. The minimum absolute atomic E-state index is 0.0414. The summed E-state index contributed by atoms with van der Waals surface area (Å²) in [6.45, 7) is 7.02. The second-order valence-electron chi connectivity index (χ2n) is 6.48. The number of aryl methyl sites for hydroxylation is 2. The molecule has 1 amide bonds. The smallest absolute Gasteiger partial charge is 0.251 e. The van der Waals surface area contributed by atoms with Crippen molar-refractivity contribution in [3.05, 3.63) is 70.8 Å². The molecule has 23 heavy (non-hydrogen) atoms. The molecule has 0 saturated carbocycles. The molecule has 3 rings (SSSR count). The van der Waals surface area contributed by atoms with Gasteiger partial charge >= 0.3 is 0 Å². The van der Waals surface area contributed by atoms with Crippen LogP contribution in [-0.4, -0.2) is 29.9 Å². The third kappa shape index (κ3) is 3.99. The molecular formula is C20H24N2O. The van der Waals surface area contributed by atoms with Crippen LogP contribution >= 0.6 is 0 Å². The van der Waals surface area contributed by atoms with Gasteiger partial charge in [-0.3, -0.25) is 9.69 Å². The van der Waals surface area contributed by atoms with Crippen molar-refractivity contribution in [3.8, 4) is 0 Å². The maximum Gasteiger partial charge on any atom is 0.251 e. The van der Waals surface area contributed by atoms with E-state index >= 15 is 0 Å². The molecule has 0 aromatic heterocycles. The molecule has 1 unspecified atom stereocenters. The Morgan fingerprint density at radius 1 is 1.13 bits per heavy atom. The molecule has 120 valence electrons. The van der Waals surface area contributed by atoms with Crippen LogP contribution < -0.4 is 5.32 Å². The van der Waals surface area contributed by atoms with E-state index in [1.54, 1.807) is 0 Å². The minimum atomic E-state index is 0.0414. The van der Waals surface area contributed by atoms with Crippen LogP contribution in [0, 0.1) is 13.8 Å². The van der Waals surface area contributed by atoms with Gasteiger partial charge in [-0.15, -0.1) is 0 Å². The number of likely N-dealkylation sites (tertiary alicyclic amines) is 1. The van der Waals surface area contributed by atoms with Gasteiger partial charge < -0.3 is 5.32 Å². The van der Waals surface area contributed by atoms with E-state index < -0.39 is 0 Å². The molecule has 1 atom stereocenters. The third-order valence-corrected chi connectivity index (χ3v) is 4.63. The van der Waals surface area contributed by atoms with E-state index in [1.807, 2.05) is 31.2 Å². The summed E-state index contributed by atoms with van der Waals surface area (Å²) in [7, 11) is 0. The zero-order chi connectivity index (χ0) is 16.2. The Morgan fingerprint density at radius 3 is 2.65 bits per heavy atom. The summed E-state index contributed by atoms with van der Waals surface area (Å²) in [5.41, 5.74) is 4.47. The number of nitrogens with zero attached hydrogens (tertiary/aromatic N) is 1. The van der Waals surface area contributed by atoms with Gasteiger partial charge in [0, 0.05) is 31.2 Å². The van der Waals surface area contributed by atoms with Crippen molar-refractivity contribution in [2.24, 2.45) is 0 Å². The fraction of sp³-hybridized carbons (Fsp3) is 0.350. The van der Waals surface area contributed by atoms with Crippen molar-refractivity contribution in [2.75, 3.05) is 13.1 Å². The first-order chi connectivity index (χ1) is 11.1. The molecule has 1 heterocycles. The lowest BCUT2D eigenvalue weighted by atomic mass is 10.1.